The molecule has 0 radical (unpaired) electrons. The van der Waals surface area contributed by atoms with Crippen LogP contribution in [0.2, 0.25) is 0 Å². The van der Waals surface area contributed by atoms with Crippen LogP contribution in [0.25, 0.3) is 0 Å². The Bertz CT molecular complexity index is 675. The minimum atomic E-state index is -0.948. The summed E-state index contributed by atoms with van der Waals surface area (Å²) < 4.78 is 7.11. The van der Waals surface area contributed by atoms with E-state index in [1.807, 2.05) is 20.2 Å². The standard InChI is InChI=1S/C19H28N4O2/c1-15(20-14-19(2,24)17-12-21-22(3)13-17)16-4-6-18(7-5-16)23-8-10-25-11-9-23/h4-7,12-13,15,20,24H,8-11,14H2,1-3H3. The SMILES string of the molecule is CC(NCC(C)(O)c1cnn(C)c1)c1ccc(N2CCOCC2)cc1. The highest BCUT2D eigenvalue weighted by molar-refractivity contribution is 5.48. The normalized spacial score (nSPS) is 18.8. The highest BCUT2D eigenvalue weighted by Gasteiger charge is 2.25. The van der Waals surface area contributed by atoms with Crippen LogP contribution in [-0.2, 0) is 17.4 Å². The molecule has 25 heavy (non-hydrogen) atoms. The molecular weight excluding hydrogens is 316 g/mol. The Morgan fingerprint density at radius 1 is 1.28 bits per heavy atom. The molecule has 2 N–H and O–H groups in total. The second-order valence-electron chi connectivity index (χ2n) is 6.97. The molecule has 136 valence electrons. The summed E-state index contributed by atoms with van der Waals surface area (Å²) in [6.45, 7) is 7.87. The van der Waals surface area contributed by atoms with E-state index >= 15 is 0 Å². The Hall–Kier alpha value is -1.89. The topological polar surface area (TPSA) is 62.5 Å². The predicted octanol–water partition coefficient (Wildman–Crippen LogP) is 1.81. The average Bonchev–Trinajstić information content (AvgIpc) is 3.08. The Labute approximate surface area is 149 Å². The highest BCUT2D eigenvalue weighted by atomic mass is 16.5. The van der Waals surface area contributed by atoms with Crippen LogP contribution in [0.1, 0.15) is 31.0 Å². The second-order valence-corrected chi connectivity index (χ2v) is 6.97. The smallest absolute Gasteiger partial charge is 0.102 e. The summed E-state index contributed by atoms with van der Waals surface area (Å²) in [6.07, 6.45) is 3.56. The van der Waals surface area contributed by atoms with Crippen LogP contribution in [0.15, 0.2) is 36.7 Å². The van der Waals surface area contributed by atoms with Crippen LogP contribution >= 0.6 is 0 Å². The van der Waals surface area contributed by atoms with Crippen molar-refractivity contribution in [2.45, 2.75) is 25.5 Å². The molecule has 0 saturated carbocycles. The summed E-state index contributed by atoms with van der Waals surface area (Å²) >= 11 is 0. The molecule has 1 aliphatic rings. The Morgan fingerprint density at radius 3 is 2.56 bits per heavy atom. The van der Waals surface area contributed by atoms with Crippen molar-refractivity contribution >= 4 is 5.69 Å². The van der Waals surface area contributed by atoms with E-state index in [4.69, 9.17) is 4.74 Å². The van der Waals surface area contributed by atoms with Crippen LogP contribution in [0, 0.1) is 0 Å². The number of aryl methyl sites for hydroxylation is 1. The zero-order valence-electron chi connectivity index (χ0n) is 15.3. The number of nitrogens with zero attached hydrogens (tertiary/aromatic N) is 3. The monoisotopic (exact) mass is 344 g/mol. The van der Waals surface area contributed by atoms with Gasteiger partial charge in [0.1, 0.15) is 5.60 Å². The number of anilines is 1. The third-order valence-corrected chi connectivity index (χ3v) is 4.85. The van der Waals surface area contributed by atoms with Crippen molar-refractivity contribution in [3.8, 4) is 0 Å². The van der Waals surface area contributed by atoms with Gasteiger partial charge < -0.3 is 20.1 Å². The Balaban J connectivity index is 1.58. The van der Waals surface area contributed by atoms with Gasteiger partial charge in [0.2, 0.25) is 0 Å². The van der Waals surface area contributed by atoms with Gasteiger partial charge in [0.05, 0.1) is 19.4 Å². The fourth-order valence-corrected chi connectivity index (χ4v) is 3.07. The minimum absolute atomic E-state index is 0.155. The summed E-state index contributed by atoms with van der Waals surface area (Å²) in [7, 11) is 1.85. The largest absolute Gasteiger partial charge is 0.384 e. The average molecular weight is 344 g/mol. The van der Waals surface area contributed by atoms with Crippen molar-refractivity contribution in [1.82, 2.24) is 15.1 Å². The van der Waals surface area contributed by atoms with E-state index in [2.05, 4.69) is 46.5 Å². The molecule has 2 unspecified atom stereocenters. The van der Waals surface area contributed by atoms with E-state index in [0.717, 1.165) is 31.9 Å². The fraction of sp³-hybridized carbons (Fsp3) is 0.526. The lowest BCUT2D eigenvalue weighted by Gasteiger charge is -2.29. The summed E-state index contributed by atoms with van der Waals surface area (Å²) in [4.78, 5) is 2.35. The molecule has 0 amide bonds. The maximum atomic E-state index is 10.7. The predicted molar refractivity (Wildman–Crippen MR) is 98.7 cm³/mol. The lowest BCUT2D eigenvalue weighted by Crippen LogP contribution is -2.37. The number of hydrogen-bond donors (Lipinski definition) is 2. The second kappa shape index (κ2) is 7.56. The summed E-state index contributed by atoms with van der Waals surface area (Å²) in [5.74, 6) is 0. The fourth-order valence-electron chi connectivity index (χ4n) is 3.07. The highest BCUT2D eigenvalue weighted by Crippen LogP contribution is 2.23. The lowest BCUT2D eigenvalue weighted by atomic mass is 9.98. The molecule has 1 fully saturated rings. The molecule has 1 aromatic heterocycles. The van der Waals surface area contributed by atoms with Crippen LogP contribution in [0.3, 0.4) is 0 Å². The number of aliphatic hydroxyl groups is 1. The minimum Gasteiger partial charge on any atom is -0.384 e. The van der Waals surface area contributed by atoms with E-state index in [0.29, 0.717) is 6.54 Å². The number of benzene rings is 1. The lowest BCUT2D eigenvalue weighted by molar-refractivity contribution is 0.0543. The first-order valence-corrected chi connectivity index (χ1v) is 8.83. The van der Waals surface area contributed by atoms with Gasteiger partial charge in [-0.3, -0.25) is 4.68 Å². The number of aromatic nitrogens is 2. The van der Waals surface area contributed by atoms with Crippen molar-refractivity contribution in [2.24, 2.45) is 7.05 Å². The molecule has 0 spiro atoms. The van der Waals surface area contributed by atoms with Gasteiger partial charge in [0.25, 0.3) is 0 Å². The van der Waals surface area contributed by atoms with Crippen LogP contribution < -0.4 is 10.2 Å². The van der Waals surface area contributed by atoms with E-state index in [9.17, 15) is 5.11 Å². The zero-order chi connectivity index (χ0) is 17.9. The molecule has 1 aliphatic heterocycles. The van der Waals surface area contributed by atoms with Crippen molar-refractivity contribution in [1.29, 1.82) is 0 Å². The van der Waals surface area contributed by atoms with E-state index in [1.165, 1.54) is 11.3 Å². The van der Waals surface area contributed by atoms with Crippen LogP contribution in [-0.4, -0.2) is 47.7 Å². The molecule has 2 heterocycles. The van der Waals surface area contributed by atoms with Gasteiger partial charge >= 0.3 is 0 Å². The van der Waals surface area contributed by atoms with Gasteiger partial charge in [-0.25, -0.2) is 0 Å². The first kappa shape index (κ1) is 17.9. The molecule has 2 atom stereocenters. The van der Waals surface area contributed by atoms with E-state index in [-0.39, 0.29) is 6.04 Å². The third-order valence-electron chi connectivity index (χ3n) is 4.85. The van der Waals surface area contributed by atoms with Crippen LogP contribution in [0.4, 0.5) is 5.69 Å². The van der Waals surface area contributed by atoms with E-state index in [1.54, 1.807) is 10.9 Å². The van der Waals surface area contributed by atoms with Crippen molar-refractivity contribution in [3.05, 3.63) is 47.8 Å². The van der Waals surface area contributed by atoms with Gasteiger partial charge in [0, 0.05) is 50.2 Å². The first-order chi connectivity index (χ1) is 12.0. The molecule has 3 rings (SSSR count). The van der Waals surface area contributed by atoms with Crippen LogP contribution in [0.5, 0.6) is 0 Å². The van der Waals surface area contributed by atoms with Gasteiger partial charge in [-0.05, 0) is 31.5 Å². The van der Waals surface area contributed by atoms with Gasteiger partial charge in [-0.1, -0.05) is 12.1 Å². The zero-order valence-corrected chi connectivity index (χ0v) is 15.3. The molecule has 6 heteroatoms. The number of nitrogens with one attached hydrogen (secondary N) is 1. The number of ether oxygens (including phenoxy) is 1. The summed E-state index contributed by atoms with van der Waals surface area (Å²) in [5.41, 5.74) is 2.31. The third kappa shape index (κ3) is 4.39. The number of rotatable bonds is 6. The number of morpholine rings is 1. The molecule has 6 nitrogen and oxygen atoms in total. The molecule has 2 aromatic rings. The Kier molecular flexibility index (Phi) is 5.42. The molecule has 1 saturated heterocycles. The first-order valence-electron chi connectivity index (χ1n) is 8.83. The molecule has 0 bridgehead atoms. The summed E-state index contributed by atoms with van der Waals surface area (Å²) in [6, 6.07) is 8.79. The Morgan fingerprint density at radius 2 is 1.96 bits per heavy atom. The molecule has 0 aliphatic carbocycles. The molecular formula is C19H28N4O2. The van der Waals surface area contributed by atoms with Gasteiger partial charge in [-0.2, -0.15) is 5.10 Å². The van der Waals surface area contributed by atoms with E-state index < -0.39 is 5.60 Å². The molecule has 1 aromatic carbocycles. The van der Waals surface area contributed by atoms with Crippen molar-refractivity contribution in [2.75, 3.05) is 37.7 Å². The van der Waals surface area contributed by atoms with Gasteiger partial charge in [-0.15, -0.1) is 0 Å². The van der Waals surface area contributed by atoms with Crippen molar-refractivity contribution < 1.29 is 9.84 Å². The number of hydrogen-bond acceptors (Lipinski definition) is 5. The van der Waals surface area contributed by atoms with Crippen molar-refractivity contribution in [3.63, 3.8) is 0 Å². The maximum Gasteiger partial charge on any atom is 0.102 e. The quantitative estimate of drug-likeness (QED) is 0.837. The van der Waals surface area contributed by atoms with Gasteiger partial charge in [0.15, 0.2) is 0 Å². The summed E-state index contributed by atoms with van der Waals surface area (Å²) in [5, 5.41) is 18.2. The maximum absolute atomic E-state index is 10.7.